The lowest BCUT2D eigenvalue weighted by atomic mass is 9.95. The molecule has 0 bridgehead atoms. The Kier molecular flexibility index (Phi) is 5.21. The molecule has 11 heteroatoms. The number of hydrogen-bond donors (Lipinski definition) is 2. The number of likely N-dealkylation sites (tertiary alicyclic amines) is 1. The van der Waals surface area contributed by atoms with Gasteiger partial charge in [0.25, 0.3) is 5.91 Å². The van der Waals surface area contributed by atoms with E-state index >= 15 is 0 Å². The van der Waals surface area contributed by atoms with Crippen molar-refractivity contribution in [2.75, 3.05) is 26.8 Å². The predicted octanol–water partition coefficient (Wildman–Crippen LogP) is 0.0524. The molecule has 1 aliphatic heterocycles. The predicted molar refractivity (Wildman–Crippen MR) is 102 cm³/mol. The number of hydrogen-bond acceptors (Lipinski definition) is 7. The maximum atomic E-state index is 12.6. The van der Waals surface area contributed by atoms with Crippen LogP contribution in [-0.4, -0.2) is 73.7 Å². The van der Waals surface area contributed by atoms with Gasteiger partial charge in [-0.3, -0.25) is 14.3 Å². The van der Waals surface area contributed by atoms with Gasteiger partial charge in [-0.2, -0.15) is 15.4 Å². The Balaban J connectivity index is 1.49. The molecule has 1 saturated heterocycles. The van der Waals surface area contributed by atoms with Crippen LogP contribution < -0.4 is 5.32 Å². The number of ether oxygens (including phenoxy) is 1. The zero-order chi connectivity index (χ0) is 20.4. The van der Waals surface area contributed by atoms with Gasteiger partial charge < -0.3 is 15.0 Å². The molecular weight excluding hydrogens is 376 g/mol. The summed E-state index contributed by atoms with van der Waals surface area (Å²) < 4.78 is 6.87. The fraction of sp³-hybridized carbons (Fsp3) is 0.444. The number of aromatic nitrogens is 6. The average Bonchev–Trinajstić information content (AvgIpc) is 3.42. The average molecular weight is 398 g/mol. The third-order valence-electron chi connectivity index (χ3n) is 5.10. The number of carbonyl (C=O) groups excluding carboxylic acids is 2. The van der Waals surface area contributed by atoms with Gasteiger partial charge in [0.2, 0.25) is 11.6 Å². The summed E-state index contributed by atoms with van der Waals surface area (Å²) in [5.41, 5.74) is 2.31. The van der Waals surface area contributed by atoms with Crippen LogP contribution in [0.3, 0.4) is 0 Å². The van der Waals surface area contributed by atoms with Crippen molar-refractivity contribution in [3.05, 3.63) is 35.8 Å². The minimum atomic E-state index is -0.268. The number of aromatic amines is 1. The summed E-state index contributed by atoms with van der Waals surface area (Å²) in [4.78, 5) is 31.1. The molecule has 2 amide bonds. The van der Waals surface area contributed by atoms with Crippen LogP contribution in [0.15, 0.2) is 24.7 Å². The van der Waals surface area contributed by atoms with Crippen LogP contribution in [0, 0.1) is 5.92 Å². The zero-order valence-electron chi connectivity index (χ0n) is 16.2. The second kappa shape index (κ2) is 7.95. The molecule has 152 valence electrons. The SMILES string of the molecule is COCCN1C(=O)C[C@H](CNC(=O)c2cnc3n[nH]nc3c2)[C@H]1c1cnn(C)c1. The van der Waals surface area contributed by atoms with Crippen LogP contribution in [0.5, 0.6) is 0 Å². The van der Waals surface area contributed by atoms with Crippen molar-refractivity contribution < 1.29 is 14.3 Å². The molecule has 0 aromatic carbocycles. The number of H-pyrrole nitrogens is 1. The Morgan fingerprint density at radius 3 is 3.00 bits per heavy atom. The first-order valence-corrected chi connectivity index (χ1v) is 9.28. The molecule has 3 aromatic heterocycles. The molecule has 4 heterocycles. The Bertz CT molecular complexity index is 1030. The second-order valence-electron chi connectivity index (χ2n) is 7.04. The number of nitrogens with one attached hydrogen (secondary N) is 2. The highest BCUT2D eigenvalue weighted by Crippen LogP contribution is 2.37. The van der Waals surface area contributed by atoms with Crippen LogP contribution in [0.25, 0.3) is 11.2 Å². The molecule has 0 radical (unpaired) electrons. The van der Waals surface area contributed by atoms with E-state index in [1.165, 1.54) is 6.20 Å². The minimum absolute atomic E-state index is 0.0424. The summed E-state index contributed by atoms with van der Waals surface area (Å²) in [6.07, 6.45) is 5.48. The normalized spacial score (nSPS) is 19.2. The Morgan fingerprint density at radius 1 is 1.38 bits per heavy atom. The van der Waals surface area contributed by atoms with Crippen molar-refractivity contribution in [1.29, 1.82) is 0 Å². The highest BCUT2D eigenvalue weighted by atomic mass is 16.5. The molecule has 0 unspecified atom stereocenters. The molecule has 11 nitrogen and oxygen atoms in total. The molecular formula is C18H22N8O3. The third kappa shape index (κ3) is 3.81. The fourth-order valence-electron chi connectivity index (χ4n) is 3.74. The molecule has 0 saturated carbocycles. The van der Waals surface area contributed by atoms with Crippen LogP contribution in [-0.2, 0) is 16.6 Å². The third-order valence-corrected chi connectivity index (χ3v) is 5.10. The van der Waals surface area contributed by atoms with E-state index in [1.54, 1.807) is 29.0 Å². The van der Waals surface area contributed by atoms with E-state index in [1.807, 2.05) is 13.2 Å². The van der Waals surface area contributed by atoms with Crippen LogP contribution >= 0.6 is 0 Å². The summed E-state index contributed by atoms with van der Waals surface area (Å²) in [6, 6.07) is 1.47. The Labute approximate surface area is 166 Å². The van der Waals surface area contributed by atoms with Crippen LogP contribution in [0.4, 0.5) is 0 Å². The van der Waals surface area contributed by atoms with E-state index in [0.717, 1.165) is 5.56 Å². The van der Waals surface area contributed by atoms with Gasteiger partial charge in [-0.15, -0.1) is 5.10 Å². The number of fused-ring (bicyclic) bond motifs is 1. The first kappa shape index (κ1) is 19.0. The lowest BCUT2D eigenvalue weighted by molar-refractivity contribution is -0.129. The molecule has 1 aliphatic rings. The lowest BCUT2D eigenvalue weighted by Gasteiger charge is -2.27. The molecule has 0 spiro atoms. The van der Waals surface area contributed by atoms with Gasteiger partial charge in [-0.05, 0) is 6.07 Å². The smallest absolute Gasteiger partial charge is 0.252 e. The number of methoxy groups -OCH3 is 1. The molecule has 2 N–H and O–H groups in total. The largest absolute Gasteiger partial charge is 0.383 e. The molecule has 29 heavy (non-hydrogen) atoms. The zero-order valence-corrected chi connectivity index (χ0v) is 16.2. The summed E-state index contributed by atoms with van der Waals surface area (Å²) >= 11 is 0. The molecule has 3 aromatic rings. The van der Waals surface area contributed by atoms with E-state index < -0.39 is 0 Å². The molecule has 2 atom stereocenters. The molecule has 0 aliphatic carbocycles. The minimum Gasteiger partial charge on any atom is -0.383 e. The number of carbonyl (C=O) groups is 2. The van der Waals surface area contributed by atoms with E-state index in [4.69, 9.17) is 4.74 Å². The topological polar surface area (TPSA) is 131 Å². The molecule has 4 rings (SSSR count). The van der Waals surface area contributed by atoms with Crippen molar-refractivity contribution in [2.24, 2.45) is 13.0 Å². The first-order chi connectivity index (χ1) is 14.1. The fourth-order valence-corrected chi connectivity index (χ4v) is 3.74. The summed E-state index contributed by atoms with van der Waals surface area (Å²) in [6.45, 7) is 1.29. The van der Waals surface area contributed by atoms with Gasteiger partial charge in [0.15, 0.2) is 0 Å². The van der Waals surface area contributed by atoms with Gasteiger partial charge in [-0.1, -0.05) is 0 Å². The van der Waals surface area contributed by atoms with Crippen molar-refractivity contribution in [3.63, 3.8) is 0 Å². The van der Waals surface area contributed by atoms with Gasteiger partial charge in [0, 0.05) is 57.5 Å². The van der Waals surface area contributed by atoms with E-state index in [0.29, 0.717) is 42.8 Å². The van der Waals surface area contributed by atoms with Crippen LogP contribution in [0.1, 0.15) is 28.4 Å². The van der Waals surface area contributed by atoms with Gasteiger partial charge in [0.05, 0.1) is 24.4 Å². The van der Waals surface area contributed by atoms with Gasteiger partial charge >= 0.3 is 0 Å². The standard InChI is InChI=1S/C18H22N8O3/c1-25-10-13(9-21-25)16-11(6-15(27)26(16)3-4-29-2)7-20-18(28)12-5-14-17(19-8-12)23-24-22-14/h5,8-11,16H,3-4,6-7H2,1-2H3,(H,20,28)(H,19,22,23,24)/t11-,16+/m1/s1. The maximum Gasteiger partial charge on any atom is 0.252 e. The van der Waals surface area contributed by atoms with E-state index in [9.17, 15) is 9.59 Å². The second-order valence-corrected chi connectivity index (χ2v) is 7.04. The van der Waals surface area contributed by atoms with Crippen molar-refractivity contribution >= 4 is 23.0 Å². The molecule has 1 fully saturated rings. The first-order valence-electron chi connectivity index (χ1n) is 9.28. The highest BCUT2D eigenvalue weighted by Gasteiger charge is 2.41. The number of pyridine rings is 1. The van der Waals surface area contributed by atoms with E-state index in [-0.39, 0.29) is 23.8 Å². The monoisotopic (exact) mass is 398 g/mol. The van der Waals surface area contributed by atoms with Gasteiger partial charge in [-0.25, -0.2) is 4.98 Å². The number of rotatable bonds is 7. The van der Waals surface area contributed by atoms with E-state index in [2.05, 4.69) is 30.8 Å². The highest BCUT2D eigenvalue weighted by molar-refractivity contribution is 5.96. The lowest BCUT2D eigenvalue weighted by Crippen LogP contribution is -2.35. The summed E-state index contributed by atoms with van der Waals surface area (Å²) in [5.74, 6) is -0.299. The van der Waals surface area contributed by atoms with Gasteiger partial charge in [0.1, 0.15) is 5.52 Å². The van der Waals surface area contributed by atoms with Crippen molar-refractivity contribution in [3.8, 4) is 0 Å². The summed E-state index contributed by atoms with van der Waals surface area (Å²) in [7, 11) is 3.45. The van der Waals surface area contributed by atoms with Crippen molar-refractivity contribution in [1.82, 2.24) is 40.4 Å². The van der Waals surface area contributed by atoms with Crippen molar-refractivity contribution in [2.45, 2.75) is 12.5 Å². The quantitative estimate of drug-likeness (QED) is 0.575. The maximum absolute atomic E-state index is 12.6. The van der Waals surface area contributed by atoms with Crippen LogP contribution in [0.2, 0.25) is 0 Å². The Hall–Kier alpha value is -3.34. The Morgan fingerprint density at radius 2 is 2.24 bits per heavy atom. The number of nitrogens with zero attached hydrogens (tertiary/aromatic N) is 6. The number of amides is 2. The number of aryl methyl sites for hydroxylation is 1. The summed E-state index contributed by atoms with van der Waals surface area (Å²) in [5, 5.41) is 17.5.